The van der Waals surface area contributed by atoms with E-state index in [2.05, 4.69) is 43.9 Å². The van der Waals surface area contributed by atoms with Crippen molar-refractivity contribution in [3.8, 4) is 0 Å². The number of likely N-dealkylation sites (N-methyl/N-ethyl adjacent to an activating group) is 1. The van der Waals surface area contributed by atoms with Crippen LogP contribution in [-0.2, 0) is 16.1 Å². The molecule has 0 aliphatic heterocycles. The average Bonchev–Trinajstić information content (AvgIpc) is 2.33. The zero-order valence-electron chi connectivity index (χ0n) is 11.8. The molecule has 0 atom stereocenters. The second-order valence-electron chi connectivity index (χ2n) is 4.48. The summed E-state index contributed by atoms with van der Waals surface area (Å²) < 4.78 is 4.99. The molecule has 1 aromatic rings. The van der Waals surface area contributed by atoms with Gasteiger partial charge < -0.3 is 4.74 Å². The van der Waals surface area contributed by atoms with Crippen molar-refractivity contribution in [3.63, 3.8) is 0 Å². The Morgan fingerprint density at radius 3 is 2.33 bits per heavy atom. The predicted molar refractivity (Wildman–Crippen MR) is 73.5 cm³/mol. The molecule has 100 valence electrons. The summed E-state index contributed by atoms with van der Waals surface area (Å²) in [7, 11) is 0. The van der Waals surface area contributed by atoms with E-state index >= 15 is 0 Å². The topological polar surface area (TPSA) is 29.5 Å². The van der Waals surface area contributed by atoms with Crippen molar-refractivity contribution in [2.75, 3.05) is 19.7 Å². The number of hydrogen-bond acceptors (Lipinski definition) is 3. The number of aryl methyl sites for hydroxylation is 2. The molecule has 0 spiro atoms. The Bertz CT molecular complexity index is 381. The van der Waals surface area contributed by atoms with Crippen molar-refractivity contribution in [2.45, 2.75) is 34.2 Å². The van der Waals surface area contributed by atoms with Gasteiger partial charge in [-0.1, -0.05) is 25.1 Å². The van der Waals surface area contributed by atoms with Gasteiger partial charge in [-0.05, 0) is 44.0 Å². The fraction of sp³-hybridized carbons (Fsp3) is 0.533. The van der Waals surface area contributed by atoms with Gasteiger partial charge in [-0.3, -0.25) is 9.69 Å². The number of ether oxygens (including phenoxy) is 1. The summed E-state index contributed by atoms with van der Waals surface area (Å²) in [5, 5.41) is 0. The van der Waals surface area contributed by atoms with Crippen molar-refractivity contribution in [1.29, 1.82) is 0 Å². The van der Waals surface area contributed by atoms with E-state index in [1.165, 1.54) is 16.7 Å². The number of hydrogen-bond donors (Lipinski definition) is 0. The summed E-state index contributed by atoms with van der Waals surface area (Å²) in [5.74, 6) is -0.148. The highest BCUT2D eigenvalue weighted by Crippen LogP contribution is 2.15. The highest BCUT2D eigenvalue weighted by molar-refractivity contribution is 5.71. The number of rotatable bonds is 6. The Morgan fingerprint density at radius 2 is 1.83 bits per heavy atom. The number of benzene rings is 1. The molecule has 18 heavy (non-hydrogen) atoms. The molecule has 1 rings (SSSR count). The monoisotopic (exact) mass is 249 g/mol. The third kappa shape index (κ3) is 4.15. The molecular formula is C15H23NO2. The van der Waals surface area contributed by atoms with E-state index in [9.17, 15) is 4.79 Å². The van der Waals surface area contributed by atoms with Gasteiger partial charge in [0.05, 0.1) is 13.2 Å². The maximum absolute atomic E-state index is 11.5. The van der Waals surface area contributed by atoms with Crippen LogP contribution in [0.4, 0.5) is 0 Å². The highest BCUT2D eigenvalue weighted by Gasteiger charge is 2.12. The molecular weight excluding hydrogens is 226 g/mol. The average molecular weight is 249 g/mol. The molecule has 0 amide bonds. The van der Waals surface area contributed by atoms with E-state index in [0.717, 1.165) is 13.1 Å². The van der Waals surface area contributed by atoms with Crippen molar-refractivity contribution in [1.82, 2.24) is 4.90 Å². The van der Waals surface area contributed by atoms with Crippen LogP contribution in [0.15, 0.2) is 18.2 Å². The van der Waals surface area contributed by atoms with Gasteiger partial charge in [-0.2, -0.15) is 0 Å². The van der Waals surface area contributed by atoms with E-state index in [4.69, 9.17) is 4.74 Å². The Hall–Kier alpha value is -1.35. The minimum Gasteiger partial charge on any atom is -0.465 e. The Kier molecular flexibility index (Phi) is 5.86. The molecule has 0 aromatic heterocycles. The van der Waals surface area contributed by atoms with Crippen molar-refractivity contribution >= 4 is 5.97 Å². The zero-order valence-corrected chi connectivity index (χ0v) is 11.8. The van der Waals surface area contributed by atoms with Crippen LogP contribution in [0, 0.1) is 13.8 Å². The fourth-order valence-electron chi connectivity index (χ4n) is 1.99. The van der Waals surface area contributed by atoms with E-state index in [1.807, 2.05) is 6.92 Å². The first-order valence-electron chi connectivity index (χ1n) is 6.51. The number of carbonyl (C=O) groups is 1. The second-order valence-corrected chi connectivity index (χ2v) is 4.48. The first kappa shape index (κ1) is 14.7. The zero-order chi connectivity index (χ0) is 13.5. The molecule has 0 aliphatic rings. The van der Waals surface area contributed by atoms with Crippen molar-refractivity contribution in [3.05, 3.63) is 34.9 Å². The van der Waals surface area contributed by atoms with Crippen LogP contribution < -0.4 is 0 Å². The number of carbonyl (C=O) groups excluding carboxylic acids is 1. The standard InChI is InChI=1S/C15H23NO2/c1-5-16(11-15(17)18-6-2)10-14-12(3)8-7-9-13(14)4/h7-9H,5-6,10-11H2,1-4H3. The van der Waals surface area contributed by atoms with Crippen LogP contribution in [0.2, 0.25) is 0 Å². The lowest BCUT2D eigenvalue weighted by Crippen LogP contribution is -2.31. The van der Waals surface area contributed by atoms with Crippen LogP contribution in [0.3, 0.4) is 0 Å². The minimum atomic E-state index is -0.148. The van der Waals surface area contributed by atoms with Crippen LogP contribution in [-0.4, -0.2) is 30.6 Å². The lowest BCUT2D eigenvalue weighted by molar-refractivity contribution is -0.144. The van der Waals surface area contributed by atoms with Gasteiger partial charge in [-0.25, -0.2) is 0 Å². The molecule has 0 heterocycles. The van der Waals surface area contributed by atoms with Gasteiger partial charge in [0.2, 0.25) is 0 Å². The molecule has 0 fully saturated rings. The summed E-state index contributed by atoms with van der Waals surface area (Å²) in [6, 6.07) is 6.29. The third-order valence-electron chi connectivity index (χ3n) is 3.13. The third-order valence-corrected chi connectivity index (χ3v) is 3.13. The van der Waals surface area contributed by atoms with E-state index < -0.39 is 0 Å². The molecule has 3 nitrogen and oxygen atoms in total. The van der Waals surface area contributed by atoms with Gasteiger partial charge in [0.25, 0.3) is 0 Å². The molecule has 1 aromatic carbocycles. The largest absolute Gasteiger partial charge is 0.465 e. The molecule has 0 saturated heterocycles. The Balaban J connectivity index is 2.71. The van der Waals surface area contributed by atoms with Crippen molar-refractivity contribution < 1.29 is 9.53 Å². The van der Waals surface area contributed by atoms with Gasteiger partial charge in [-0.15, -0.1) is 0 Å². The Morgan fingerprint density at radius 1 is 1.22 bits per heavy atom. The molecule has 0 bridgehead atoms. The molecule has 0 N–H and O–H groups in total. The van der Waals surface area contributed by atoms with Crippen LogP contribution in [0.1, 0.15) is 30.5 Å². The van der Waals surface area contributed by atoms with Gasteiger partial charge in [0.1, 0.15) is 0 Å². The van der Waals surface area contributed by atoms with Crippen LogP contribution in [0.25, 0.3) is 0 Å². The van der Waals surface area contributed by atoms with Gasteiger partial charge >= 0.3 is 5.97 Å². The summed E-state index contributed by atoms with van der Waals surface area (Å²) in [5.41, 5.74) is 3.86. The van der Waals surface area contributed by atoms with E-state index in [0.29, 0.717) is 13.2 Å². The number of esters is 1. The van der Waals surface area contributed by atoms with Crippen LogP contribution in [0.5, 0.6) is 0 Å². The van der Waals surface area contributed by atoms with E-state index in [1.54, 1.807) is 0 Å². The normalized spacial score (nSPS) is 10.7. The Labute approximate surface area is 110 Å². The van der Waals surface area contributed by atoms with Gasteiger partial charge in [0.15, 0.2) is 0 Å². The summed E-state index contributed by atoms with van der Waals surface area (Å²) in [4.78, 5) is 13.6. The number of nitrogens with zero attached hydrogens (tertiary/aromatic N) is 1. The molecule has 0 saturated carbocycles. The lowest BCUT2D eigenvalue weighted by Gasteiger charge is -2.21. The van der Waals surface area contributed by atoms with Gasteiger partial charge in [0, 0.05) is 6.54 Å². The first-order valence-corrected chi connectivity index (χ1v) is 6.51. The molecule has 3 heteroatoms. The smallest absolute Gasteiger partial charge is 0.320 e. The van der Waals surface area contributed by atoms with Crippen LogP contribution >= 0.6 is 0 Å². The minimum absolute atomic E-state index is 0.148. The van der Waals surface area contributed by atoms with Crippen molar-refractivity contribution in [2.24, 2.45) is 0 Å². The quantitative estimate of drug-likeness (QED) is 0.726. The maximum Gasteiger partial charge on any atom is 0.320 e. The fourth-order valence-corrected chi connectivity index (χ4v) is 1.99. The SMILES string of the molecule is CCOC(=O)CN(CC)Cc1c(C)cccc1C. The molecule has 0 aliphatic carbocycles. The second kappa shape index (κ2) is 7.17. The molecule has 0 radical (unpaired) electrons. The molecule has 0 unspecified atom stereocenters. The summed E-state index contributed by atoms with van der Waals surface area (Å²) in [6.07, 6.45) is 0. The van der Waals surface area contributed by atoms with E-state index in [-0.39, 0.29) is 5.97 Å². The highest BCUT2D eigenvalue weighted by atomic mass is 16.5. The predicted octanol–water partition coefficient (Wildman–Crippen LogP) is 2.69. The summed E-state index contributed by atoms with van der Waals surface area (Å²) in [6.45, 7) is 10.6. The first-order chi connectivity index (χ1) is 8.58. The maximum atomic E-state index is 11.5. The summed E-state index contributed by atoms with van der Waals surface area (Å²) >= 11 is 0. The lowest BCUT2D eigenvalue weighted by atomic mass is 10.0.